The minimum atomic E-state index is -0.417. The Morgan fingerprint density at radius 2 is 2.38 bits per heavy atom. The van der Waals surface area contributed by atoms with Crippen molar-refractivity contribution in [3.05, 3.63) is 35.1 Å². The highest BCUT2D eigenvalue weighted by atomic mass is 32.1. The van der Waals surface area contributed by atoms with E-state index in [1.807, 2.05) is 0 Å². The van der Waals surface area contributed by atoms with Crippen molar-refractivity contribution >= 4 is 23.3 Å². The summed E-state index contributed by atoms with van der Waals surface area (Å²) in [6.45, 7) is 2.25. The number of hydrogen-bond acceptors (Lipinski definition) is 4. The van der Waals surface area contributed by atoms with E-state index < -0.39 is 11.9 Å². The average molecular weight is 311 g/mol. The maximum Gasteiger partial charge on any atom is 0.407 e. The summed E-state index contributed by atoms with van der Waals surface area (Å²) in [6.07, 6.45) is 0.442. The quantitative estimate of drug-likeness (QED) is 0.823. The van der Waals surface area contributed by atoms with Gasteiger partial charge in [-0.3, -0.25) is 4.90 Å². The number of rotatable bonds is 4. The fourth-order valence-electron chi connectivity index (χ4n) is 2.44. The molecule has 1 fully saturated rings. The topological polar surface area (TPSA) is 67.6 Å². The Balaban J connectivity index is 1.96. The first kappa shape index (κ1) is 15.7. The van der Waals surface area contributed by atoms with Gasteiger partial charge in [0, 0.05) is 31.2 Å². The second-order valence-electron chi connectivity index (χ2n) is 5.04. The molecule has 7 heteroatoms. The molecule has 0 spiro atoms. The molecule has 0 aromatic heterocycles. The molecule has 3 N–H and O–H groups in total. The lowest BCUT2D eigenvalue weighted by atomic mass is 10.1. The van der Waals surface area contributed by atoms with Crippen LogP contribution in [0, 0.1) is 5.82 Å². The number of nitrogens with zero attached hydrogens (tertiary/aromatic N) is 1. The highest BCUT2D eigenvalue weighted by Crippen LogP contribution is 2.16. The number of methoxy groups -OCH3 is 1. The molecule has 1 amide bonds. The van der Waals surface area contributed by atoms with Gasteiger partial charge in [0.2, 0.25) is 0 Å². The van der Waals surface area contributed by atoms with Crippen LogP contribution >= 0.6 is 12.2 Å². The van der Waals surface area contributed by atoms with Crippen molar-refractivity contribution in [2.45, 2.75) is 19.0 Å². The number of nitrogens with one attached hydrogen (secondary N) is 1. The zero-order valence-electron chi connectivity index (χ0n) is 11.8. The second kappa shape index (κ2) is 6.82. The van der Waals surface area contributed by atoms with Crippen LogP contribution in [-0.2, 0) is 11.3 Å². The number of ether oxygens (including phenoxy) is 1. The molecular weight excluding hydrogens is 293 g/mol. The molecule has 21 heavy (non-hydrogen) atoms. The van der Waals surface area contributed by atoms with Gasteiger partial charge >= 0.3 is 6.09 Å². The Kier molecular flexibility index (Phi) is 5.08. The van der Waals surface area contributed by atoms with Crippen LogP contribution < -0.4 is 11.1 Å². The van der Waals surface area contributed by atoms with E-state index in [1.165, 1.54) is 13.2 Å². The number of thiocarbonyl (C=S) groups is 1. The number of carbonyl (C=O) groups is 1. The molecule has 1 aromatic rings. The third-order valence-electron chi connectivity index (χ3n) is 3.48. The summed E-state index contributed by atoms with van der Waals surface area (Å²) in [6, 6.07) is 4.86. The van der Waals surface area contributed by atoms with Crippen LogP contribution in [0.2, 0.25) is 0 Å². The molecule has 0 radical (unpaired) electrons. The van der Waals surface area contributed by atoms with Crippen molar-refractivity contribution in [2.75, 3.05) is 20.2 Å². The Morgan fingerprint density at radius 1 is 1.62 bits per heavy atom. The number of likely N-dealkylation sites (tertiary alicyclic amines) is 1. The van der Waals surface area contributed by atoms with E-state index >= 15 is 0 Å². The molecule has 1 saturated heterocycles. The van der Waals surface area contributed by atoms with Gasteiger partial charge < -0.3 is 15.8 Å². The molecule has 5 nitrogen and oxygen atoms in total. The predicted molar refractivity (Wildman–Crippen MR) is 81.5 cm³/mol. The standard InChI is InChI=1S/C14H18FN3O2S/c1-20-14(19)17-10-4-5-18(8-10)7-9-2-3-12(15)11(6-9)13(16)21/h2-3,6,10H,4-5,7-8H2,1H3,(H2,16,21)(H,17,19). The molecule has 1 aromatic carbocycles. The number of halogens is 1. The molecule has 0 bridgehead atoms. The van der Waals surface area contributed by atoms with Crippen molar-refractivity contribution in [1.29, 1.82) is 0 Å². The van der Waals surface area contributed by atoms with Gasteiger partial charge in [-0.05, 0) is 24.1 Å². The zero-order chi connectivity index (χ0) is 15.4. The first-order chi connectivity index (χ1) is 9.99. The SMILES string of the molecule is COC(=O)NC1CCN(Cc2ccc(F)c(C(N)=S)c2)C1. The van der Waals surface area contributed by atoms with Gasteiger partial charge in [0.25, 0.3) is 0 Å². The summed E-state index contributed by atoms with van der Waals surface area (Å²) in [4.78, 5) is 13.4. The van der Waals surface area contributed by atoms with Crippen LogP contribution in [0.4, 0.5) is 9.18 Å². The van der Waals surface area contributed by atoms with E-state index in [-0.39, 0.29) is 16.6 Å². The van der Waals surface area contributed by atoms with Gasteiger partial charge in [0.1, 0.15) is 10.8 Å². The summed E-state index contributed by atoms with van der Waals surface area (Å²) in [5.74, 6) is -0.405. The molecule has 1 atom stereocenters. The van der Waals surface area contributed by atoms with Gasteiger partial charge in [-0.1, -0.05) is 18.3 Å². The maximum absolute atomic E-state index is 13.5. The van der Waals surface area contributed by atoms with Crippen LogP contribution in [0.1, 0.15) is 17.5 Å². The van der Waals surface area contributed by atoms with Gasteiger partial charge in [-0.25, -0.2) is 9.18 Å². The van der Waals surface area contributed by atoms with E-state index in [4.69, 9.17) is 18.0 Å². The molecular formula is C14H18FN3O2S. The zero-order valence-corrected chi connectivity index (χ0v) is 12.6. The highest BCUT2D eigenvalue weighted by Gasteiger charge is 2.24. The summed E-state index contributed by atoms with van der Waals surface area (Å²) in [5.41, 5.74) is 6.71. The number of carbonyl (C=O) groups excluding carboxylic acids is 1. The van der Waals surface area contributed by atoms with Gasteiger partial charge in [0.05, 0.1) is 7.11 Å². The maximum atomic E-state index is 13.5. The Morgan fingerprint density at radius 3 is 3.05 bits per heavy atom. The summed E-state index contributed by atoms with van der Waals surface area (Å²) >= 11 is 4.83. The number of benzene rings is 1. The second-order valence-corrected chi connectivity index (χ2v) is 5.47. The van der Waals surface area contributed by atoms with Crippen molar-refractivity contribution in [1.82, 2.24) is 10.2 Å². The number of nitrogens with two attached hydrogens (primary N) is 1. The first-order valence-corrected chi connectivity index (χ1v) is 7.05. The van der Waals surface area contributed by atoms with E-state index in [0.29, 0.717) is 6.54 Å². The fraction of sp³-hybridized carbons (Fsp3) is 0.429. The number of hydrogen-bond donors (Lipinski definition) is 2. The molecule has 2 rings (SSSR count). The Hall–Kier alpha value is -1.73. The highest BCUT2D eigenvalue weighted by molar-refractivity contribution is 7.80. The van der Waals surface area contributed by atoms with Crippen LogP contribution in [0.25, 0.3) is 0 Å². The molecule has 1 aliphatic rings. The van der Waals surface area contributed by atoms with Crippen molar-refractivity contribution < 1.29 is 13.9 Å². The summed E-state index contributed by atoms with van der Waals surface area (Å²) in [7, 11) is 1.35. The molecule has 1 heterocycles. The lowest BCUT2D eigenvalue weighted by Crippen LogP contribution is -2.36. The minimum absolute atomic E-state index is 0.0565. The smallest absolute Gasteiger partial charge is 0.407 e. The van der Waals surface area contributed by atoms with E-state index in [9.17, 15) is 9.18 Å². The third kappa shape index (κ3) is 4.12. The largest absolute Gasteiger partial charge is 0.453 e. The Labute approximate surface area is 128 Å². The molecule has 0 saturated carbocycles. The average Bonchev–Trinajstić information content (AvgIpc) is 2.87. The lowest BCUT2D eigenvalue weighted by molar-refractivity contribution is 0.166. The van der Waals surface area contributed by atoms with Gasteiger partial charge in [-0.2, -0.15) is 0 Å². The molecule has 0 aliphatic carbocycles. The predicted octanol–water partition coefficient (Wildman–Crippen LogP) is 1.39. The monoisotopic (exact) mass is 311 g/mol. The molecule has 1 unspecified atom stereocenters. The van der Waals surface area contributed by atoms with Crippen molar-refractivity contribution in [3.8, 4) is 0 Å². The van der Waals surface area contributed by atoms with Crippen LogP contribution in [0.5, 0.6) is 0 Å². The molecule has 1 aliphatic heterocycles. The van der Waals surface area contributed by atoms with Gasteiger partial charge in [-0.15, -0.1) is 0 Å². The first-order valence-electron chi connectivity index (χ1n) is 6.64. The normalized spacial score (nSPS) is 18.5. The van der Waals surface area contributed by atoms with Gasteiger partial charge in [0.15, 0.2) is 0 Å². The number of alkyl carbamates (subject to hydrolysis) is 1. The lowest BCUT2D eigenvalue weighted by Gasteiger charge is -2.17. The van der Waals surface area contributed by atoms with Crippen molar-refractivity contribution in [3.63, 3.8) is 0 Å². The van der Waals surface area contributed by atoms with E-state index in [1.54, 1.807) is 12.1 Å². The van der Waals surface area contributed by atoms with Crippen molar-refractivity contribution in [2.24, 2.45) is 5.73 Å². The van der Waals surface area contributed by atoms with E-state index in [0.717, 1.165) is 25.1 Å². The molecule has 114 valence electrons. The minimum Gasteiger partial charge on any atom is -0.453 e. The third-order valence-corrected chi connectivity index (χ3v) is 3.70. The summed E-state index contributed by atoms with van der Waals surface area (Å²) in [5, 5.41) is 2.78. The number of amides is 1. The van der Waals surface area contributed by atoms with Crippen LogP contribution in [0.15, 0.2) is 18.2 Å². The fourth-order valence-corrected chi connectivity index (χ4v) is 2.59. The summed E-state index contributed by atoms with van der Waals surface area (Å²) < 4.78 is 18.1. The van der Waals surface area contributed by atoms with Crippen LogP contribution in [-0.4, -0.2) is 42.2 Å². The Bertz CT molecular complexity index is 553. The van der Waals surface area contributed by atoms with Crippen LogP contribution in [0.3, 0.4) is 0 Å². The van der Waals surface area contributed by atoms with E-state index in [2.05, 4.69) is 15.0 Å².